The summed E-state index contributed by atoms with van der Waals surface area (Å²) in [6.45, 7) is -0.665. The van der Waals surface area contributed by atoms with E-state index in [2.05, 4.69) is 10.0 Å². The minimum atomic E-state index is -4.22. The first-order chi connectivity index (χ1) is 13.1. The number of carboxylic acid groups (broad SMARTS) is 2. The lowest BCUT2D eigenvalue weighted by Crippen LogP contribution is -2.37. The molecule has 0 heterocycles. The Morgan fingerprint density at radius 1 is 1.00 bits per heavy atom. The third-order valence-electron chi connectivity index (χ3n) is 3.48. The molecule has 0 unspecified atom stereocenters. The number of hydrogen-bond acceptors (Lipinski definition) is 8. The van der Waals surface area contributed by atoms with Crippen LogP contribution >= 0.6 is 0 Å². The number of aromatic carboxylic acids is 1. The molecule has 28 heavy (non-hydrogen) atoms. The number of methoxy groups -OCH3 is 1. The molecule has 2 rings (SSSR count). The number of nitrogens with one attached hydrogen (secondary N) is 2. The number of hydrogen-bond donors (Lipinski definition) is 2. The van der Waals surface area contributed by atoms with Gasteiger partial charge in [-0.15, -0.1) is 0 Å². The summed E-state index contributed by atoms with van der Waals surface area (Å²) in [7, 11) is -2.99. The van der Waals surface area contributed by atoms with Gasteiger partial charge in [0.2, 0.25) is 0 Å². The number of sulfonamides is 1. The quantitative estimate of drug-likeness (QED) is 0.526. The Bertz CT molecular complexity index is 1020. The highest BCUT2D eigenvalue weighted by molar-refractivity contribution is 7.92. The van der Waals surface area contributed by atoms with Crippen molar-refractivity contribution in [2.24, 2.45) is 0 Å². The topological polar surface area (TPSA) is 165 Å². The van der Waals surface area contributed by atoms with Gasteiger partial charge in [-0.3, -0.25) is 9.52 Å². The summed E-state index contributed by atoms with van der Waals surface area (Å²) in [5, 5.41) is 23.4. The highest BCUT2D eigenvalue weighted by atomic mass is 32.2. The fraction of sp³-hybridized carbons (Fsp3) is 0.118. The largest absolute Gasteiger partial charge is 0.548 e. The molecule has 2 aromatic carbocycles. The van der Waals surface area contributed by atoms with Crippen molar-refractivity contribution in [2.45, 2.75) is 4.90 Å². The number of carbonyl (C=O) groups excluding carboxylic acids is 3. The van der Waals surface area contributed by atoms with Gasteiger partial charge in [0.25, 0.3) is 15.9 Å². The first-order valence-corrected chi connectivity index (χ1v) is 9.12. The van der Waals surface area contributed by atoms with Crippen molar-refractivity contribution in [1.29, 1.82) is 0 Å². The standard InChI is InChI=1S/C17H16N2O8S/c1-27-13-7-4-11(17(23)24)8-14(13)28(25,26)19-12-5-2-10(3-6-12)16(22)18-9-15(20)21/h2-8,19H,9H2,1H3,(H,18,22)(H,20,21)(H,23,24)/p-2. The molecule has 0 bridgehead atoms. The van der Waals surface area contributed by atoms with E-state index >= 15 is 0 Å². The zero-order chi connectivity index (χ0) is 20.9. The second-order valence-corrected chi connectivity index (χ2v) is 7.04. The van der Waals surface area contributed by atoms with Crippen molar-refractivity contribution in [3.8, 4) is 5.75 Å². The number of anilines is 1. The first-order valence-electron chi connectivity index (χ1n) is 7.64. The van der Waals surface area contributed by atoms with Crippen molar-refractivity contribution in [3.05, 3.63) is 53.6 Å². The summed E-state index contributed by atoms with van der Waals surface area (Å²) < 4.78 is 32.4. The summed E-state index contributed by atoms with van der Waals surface area (Å²) in [6, 6.07) is 8.34. The average Bonchev–Trinajstić information content (AvgIpc) is 2.65. The SMILES string of the molecule is COc1ccc(C(=O)[O-])cc1S(=O)(=O)Nc1ccc(C(=O)NCC(=O)[O-])cc1. The number of aliphatic carboxylic acids is 1. The second kappa shape index (κ2) is 8.39. The van der Waals surface area contributed by atoms with E-state index in [0.717, 1.165) is 12.1 Å². The van der Waals surface area contributed by atoms with Crippen molar-refractivity contribution in [3.63, 3.8) is 0 Å². The van der Waals surface area contributed by atoms with Gasteiger partial charge < -0.3 is 29.9 Å². The lowest BCUT2D eigenvalue weighted by molar-refractivity contribution is -0.303. The van der Waals surface area contributed by atoms with Gasteiger partial charge in [-0.1, -0.05) is 0 Å². The highest BCUT2D eigenvalue weighted by Crippen LogP contribution is 2.27. The molecule has 0 aromatic heterocycles. The van der Waals surface area contributed by atoms with Gasteiger partial charge in [0.15, 0.2) is 0 Å². The molecule has 148 valence electrons. The summed E-state index contributed by atoms with van der Waals surface area (Å²) in [5.41, 5.74) is -0.167. The van der Waals surface area contributed by atoms with E-state index in [-0.39, 0.29) is 22.6 Å². The lowest BCUT2D eigenvalue weighted by Gasteiger charge is -2.14. The van der Waals surface area contributed by atoms with Crippen LogP contribution in [0, 0.1) is 0 Å². The maximum absolute atomic E-state index is 12.6. The highest BCUT2D eigenvalue weighted by Gasteiger charge is 2.21. The predicted octanol–water partition coefficient (Wildman–Crippen LogP) is -1.66. The smallest absolute Gasteiger partial charge is 0.265 e. The molecule has 0 aliphatic rings. The molecule has 0 aliphatic carbocycles. The minimum absolute atomic E-state index is 0.0734. The van der Waals surface area contributed by atoms with Crippen LogP contribution in [0.3, 0.4) is 0 Å². The number of carbonyl (C=O) groups is 3. The molecule has 0 radical (unpaired) electrons. The van der Waals surface area contributed by atoms with E-state index in [1.54, 1.807) is 0 Å². The van der Waals surface area contributed by atoms with Crippen LogP contribution < -0.4 is 25.0 Å². The predicted molar refractivity (Wildman–Crippen MR) is 91.9 cm³/mol. The third-order valence-corrected chi connectivity index (χ3v) is 4.88. The van der Waals surface area contributed by atoms with Crippen molar-refractivity contribution < 1.29 is 37.8 Å². The maximum Gasteiger partial charge on any atom is 0.265 e. The Hall–Kier alpha value is -3.60. The Labute approximate surface area is 159 Å². The Morgan fingerprint density at radius 3 is 2.14 bits per heavy atom. The van der Waals surface area contributed by atoms with Crippen molar-refractivity contribution in [2.75, 3.05) is 18.4 Å². The number of ether oxygens (including phenoxy) is 1. The molecular formula is C17H14N2O8S-2. The first kappa shape index (κ1) is 20.7. The van der Waals surface area contributed by atoms with E-state index in [0.29, 0.717) is 0 Å². The van der Waals surface area contributed by atoms with Gasteiger partial charge in [0.05, 0.1) is 25.6 Å². The Morgan fingerprint density at radius 2 is 1.61 bits per heavy atom. The zero-order valence-corrected chi connectivity index (χ0v) is 15.2. The van der Waals surface area contributed by atoms with Crippen LogP contribution in [-0.2, 0) is 14.8 Å². The van der Waals surface area contributed by atoms with E-state index in [9.17, 15) is 33.0 Å². The van der Waals surface area contributed by atoms with Crippen LogP contribution in [0.4, 0.5) is 5.69 Å². The molecule has 0 saturated carbocycles. The van der Waals surface area contributed by atoms with Crippen molar-refractivity contribution >= 4 is 33.6 Å². The van der Waals surface area contributed by atoms with E-state index < -0.39 is 39.3 Å². The molecule has 0 saturated heterocycles. The van der Waals surface area contributed by atoms with E-state index in [1.807, 2.05) is 0 Å². The van der Waals surface area contributed by atoms with Crippen LogP contribution in [0.1, 0.15) is 20.7 Å². The minimum Gasteiger partial charge on any atom is -0.548 e. The summed E-state index contributed by atoms with van der Waals surface area (Å²) in [5.74, 6) is -3.76. The zero-order valence-electron chi connectivity index (χ0n) is 14.4. The average molecular weight is 406 g/mol. The van der Waals surface area contributed by atoms with Gasteiger partial charge in [-0.2, -0.15) is 0 Å². The molecule has 2 aromatic rings. The number of amides is 1. The third kappa shape index (κ3) is 4.98. The van der Waals surface area contributed by atoms with E-state index in [1.165, 1.54) is 37.4 Å². The van der Waals surface area contributed by atoms with Crippen LogP contribution in [0.5, 0.6) is 5.75 Å². The molecule has 0 fully saturated rings. The van der Waals surface area contributed by atoms with Gasteiger partial charge in [-0.05, 0) is 48.0 Å². The summed E-state index contributed by atoms with van der Waals surface area (Å²) in [6.07, 6.45) is 0. The molecule has 2 N–H and O–H groups in total. The van der Waals surface area contributed by atoms with E-state index in [4.69, 9.17) is 4.74 Å². The van der Waals surface area contributed by atoms with Crippen LogP contribution in [-0.4, -0.2) is 39.9 Å². The molecular weight excluding hydrogens is 392 g/mol. The van der Waals surface area contributed by atoms with Gasteiger partial charge in [0.1, 0.15) is 10.6 Å². The molecule has 0 aliphatic heterocycles. The fourth-order valence-corrected chi connectivity index (χ4v) is 3.42. The van der Waals surface area contributed by atoms with Crippen molar-refractivity contribution in [1.82, 2.24) is 5.32 Å². The number of rotatable bonds is 8. The van der Waals surface area contributed by atoms with Gasteiger partial charge in [-0.25, -0.2) is 8.42 Å². The van der Waals surface area contributed by atoms with Crippen LogP contribution in [0.2, 0.25) is 0 Å². The number of benzene rings is 2. The molecule has 11 heteroatoms. The monoisotopic (exact) mass is 406 g/mol. The van der Waals surface area contributed by atoms with Crippen LogP contribution in [0.25, 0.3) is 0 Å². The van der Waals surface area contributed by atoms with Gasteiger partial charge >= 0.3 is 0 Å². The number of carboxylic acids is 2. The Balaban J connectivity index is 2.25. The normalized spacial score (nSPS) is 10.8. The summed E-state index contributed by atoms with van der Waals surface area (Å²) >= 11 is 0. The van der Waals surface area contributed by atoms with Crippen LogP contribution in [0.15, 0.2) is 47.4 Å². The fourth-order valence-electron chi connectivity index (χ4n) is 2.17. The molecule has 0 atom stereocenters. The maximum atomic E-state index is 12.6. The summed E-state index contributed by atoms with van der Waals surface area (Å²) in [4.78, 5) is 32.7. The lowest BCUT2D eigenvalue weighted by atomic mass is 10.2. The second-order valence-electron chi connectivity index (χ2n) is 5.39. The molecule has 0 spiro atoms. The Kier molecular flexibility index (Phi) is 6.21. The molecule has 10 nitrogen and oxygen atoms in total. The molecule has 1 amide bonds. The van der Waals surface area contributed by atoms with Gasteiger partial charge in [0, 0.05) is 11.3 Å².